The van der Waals surface area contributed by atoms with E-state index < -0.39 is 11.6 Å². The van der Waals surface area contributed by atoms with Crippen molar-refractivity contribution in [1.29, 1.82) is 0 Å². The fourth-order valence-electron chi connectivity index (χ4n) is 2.40. The van der Waals surface area contributed by atoms with Crippen molar-refractivity contribution < 1.29 is 19.1 Å². The molecule has 2 aromatic carbocycles. The minimum absolute atomic E-state index is 0.0282. The largest absolute Gasteiger partial charge is 0.457 e. The first-order chi connectivity index (χ1) is 13.2. The molecule has 0 atom stereocenters. The van der Waals surface area contributed by atoms with E-state index in [1.54, 1.807) is 30.3 Å². The fourth-order valence-corrected chi connectivity index (χ4v) is 2.40. The van der Waals surface area contributed by atoms with Crippen molar-refractivity contribution in [2.75, 3.05) is 6.54 Å². The van der Waals surface area contributed by atoms with Gasteiger partial charge in [-0.25, -0.2) is 4.79 Å². The van der Waals surface area contributed by atoms with Crippen LogP contribution >= 0.6 is 0 Å². The van der Waals surface area contributed by atoms with Gasteiger partial charge in [0.15, 0.2) is 5.78 Å². The smallest absolute Gasteiger partial charge is 0.331 e. The third-order valence-electron chi connectivity index (χ3n) is 3.70. The second-order valence-electron chi connectivity index (χ2n) is 7.35. The van der Waals surface area contributed by atoms with Gasteiger partial charge in [-0.15, -0.1) is 0 Å². The van der Waals surface area contributed by atoms with Crippen LogP contribution < -0.4 is 5.32 Å². The van der Waals surface area contributed by atoms with Gasteiger partial charge in [0.1, 0.15) is 5.60 Å². The molecule has 0 fully saturated rings. The minimum Gasteiger partial charge on any atom is -0.457 e. The lowest BCUT2D eigenvalue weighted by Crippen LogP contribution is -2.30. The summed E-state index contributed by atoms with van der Waals surface area (Å²) >= 11 is 0. The van der Waals surface area contributed by atoms with E-state index >= 15 is 0 Å². The van der Waals surface area contributed by atoms with Gasteiger partial charge in [0, 0.05) is 11.6 Å². The molecule has 28 heavy (non-hydrogen) atoms. The van der Waals surface area contributed by atoms with Crippen LogP contribution in [0.3, 0.4) is 0 Å². The van der Waals surface area contributed by atoms with Gasteiger partial charge >= 0.3 is 5.97 Å². The highest BCUT2D eigenvalue weighted by Crippen LogP contribution is 2.10. The molecule has 0 heterocycles. The van der Waals surface area contributed by atoms with Gasteiger partial charge in [0.25, 0.3) is 0 Å². The third-order valence-corrected chi connectivity index (χ3v) is 3.70. The summed E-state index contributed by atoms with van der Waals surface area (Å²) in [4.78, 5) is 35.7. The summed E-state index contributed by atoms with van der Waals surface area (Å²) in [5.74, 6) is -0.753. The van der Waals surface area contributed by atoms with Crippen LogP contribution in [0.2, 0.25) is 0 Å². The Labute approximate surface area is 165 Å². The molecule has 0 bridgehead atoms. The molecule has 5 nitrogen and oxygen atoms in total. The molecule has 0 radical (unpaired) electrons. The number of Topliss-reactive ketones (excluding diaryl/α,β-unsaturated/α-hetero) is 1. The Morgan fingerprint density at radius 2 is 1.61 bits per heavy atom. The number of esters is 1. The SMILES string of the molecule is CC(C)(C)OC(=O)/C=C/c1ccc(CC(=O)NCC(=O)c2ccccc2)cc1. The molecule has 0 aromatic heterocycles. The van der Waals surface area contributed by atoms with Gasteiger partial charge in [-0.1, -0.05) is 54.6 Å². The minimum atomic E-state index is -0.527. The lowest BCUT2D eigenvalue weighted by atomic mass is 10.1. The molecule has 146 valence electrons. The second kappa shape index (κ2) is 9.65. The van der Waals surface area contributed by atoms with Crippen LogP contribution in [0.15, 0.2) is 60.7 Å². The van der Waals surface area contributed by atoms with Crippen molar-refractivity contribution in [1.82, 2.24) is 5.32 Å². The van der Waals surface area contributed by atoms with Crippen molar-refractivity contribution in [2.24, 2.45) is 0 Å². The Morgan fingerprint density at radius 1 is 0.964 bits per heavy atom. The fraction of sp³-hybridized carbons (Fsp3) is 0.261. The van der Waals surface area contributed by atoms with Gasteiger partial charge in [-0.3, -0.25) is 9.59 Å². The topological polar surface area (TPSA) is 72.5 Å². The van der Waals surface area contributed by atoms with E-state index in [1.807, 2.05) is 51.1 Å². The molecule has 0 aliphatic rings. The number of carbonyl (C=O) groups is 3. The van der Waals surface area contributed by atoms with E-state index in [0.29, 0.717) is 5.56 Å². The quantitative estimate of drug-likeness (QED) is 0.453. The van der Waals surface area contributed by atoms with Crippen LogP contribution in [0.25, 0.3) is 6.08 Å². The summed E-state index contributed by atoms with van der Waals surface area (Å²) in [5.41, 5.74) is 1.69. The van der Waals surface area contributed by atoms with Gasteiger partial charge < -0.3 is 10.1 Å². The Hall–Kier alpha value is -3.21. The lowest BCUT2D eigenvalue weighted by molar-refractivity contribution is -0.148. The van der Waals surface area contributed by atoms with E-state index in [2.05, 4.69) is 5.32 Å². The molecule has 2 rings (SSSR count). The monoisotopic (exact) mass is 379 g/mol. The van der Waals surface area contributed by atoms with Crippen molar-refractivity contribution in [2.45, 2.75) is 32.8 Å². The molecular formula is C23H25NO4. The first-order valence-corrected chi connectivity index (χ1v) is 9.08. The highest BCUT2D eigenvalue weighted by molar-refractivity contribution is 5.99. The zero-order chi connectivity index (χ0) is 20.6. The van der Waals surface area contributed by atoms with Crippen LogP contribution in [-0.4, -0.2) is 29.8 Å². The van der Waals surface area contributed by atoms with E-state index in [1.165, 1.54) is 6.08 Å². The Bertz CT molecular complexity index is 846. The Morgan fingerprint density at radius 3 is 2.21 bits per heavy atom. The number of hydrogen-bond donors (Lipinski definition) is 1. The maximum absolute atomic E-state index is 12.0. The number of ether oxygens (including phenoxy) is 1. The zero-order valence-corrected chi connectivity index (χ0v) is 16.4. The number of amides is 1. The van der Waals surface area contributed by atoms with Crippen molar-refractivity contribution in [3.63, 3.8) is 0 Å². The van der Waals surface area contributed by atoms with Crippen LogP contribution in [0, 0.1) is 0 Å². The van der Waals surface area contributed by atoms with E-state index in [-0.39, 0.29) is 24.7 Å². The molecule has 0 aliphatic carbocycles. The third kappa shape index (κ3) is 7.58. The maximum Gasteiger partial charge on any atom is 0.331 e. The van der Waals surface area contributed by atoms with Crippen LogP contribution in [0.1, 0.15) is 42.3 Å². The molecule has 1 amide bonds. The molecule has 0 aliphatic heterocycles. The van der Waals surface area contributed by atoms with Crippen LogP contribution in [0.4, 0.5) is 0 Å². The van der Waals surface area contributed by atoms with Gasteiger partial charge in [-0.05, 0) is 38.0 Å². The summed E-state index contributed by atoms with van der Waals surface area (Å²) in [6.07, 6.45) is 3.22. The van der Waals surface area contributed by atoms with Gasteiger partial charge in [-0.2, -0.15) is 0 Å². The number of hydrogen-bond acceptors (Lipinski definition) is 4. The number of carbonyl (C=O) groups excluding carboxylic acids is 3. The summed E-state index contributed by atoms with van der Waals surface area (Å²) in [6, 6.07) is 16.1. The van der Waals surface area contributed by atoms with Crippen molar-refractivity contribution >= 4 is 23.7 Å². The first kappa shape index (κ1) is 21.1. The first-order valence-electron chi connectivity index (χ1n) is 9.08. The maximum atomic E-state index is 12.0. The molecular weight excluding hydrogens is 354 g/mol. The average molecular weight is 379 g/mol. The molecule has 5 heteroatoms. The van der Waals surface area contributed by atoms with Gasteiger partial charge in [0.2, 0.25) is 5.91 Å². The highest BCUT2D eigenvalue weighted by Gasteiger charge is 2.13. The van der Waals surface area contributed by atoms with Crippen LogP contribution in [-0.2, 0) is 20.7 Å². The molecule has 0 spiro atoms. The summed E-state index contributed by atoms with van der Waals surface area (Å²) in [7, 11) is 0. The zero-order valence-electron chi connectivity index (χ0n) is 16.4. The summed E-state index contributed by atoms with van der Waals surface area (Å²) in [6.45, 7) is 5.41. The molecule has 0 saturated carbocycles. The highest BCUT2D eigenvalue weighted by atomic mass is 16.6. The average Bonchev–Trinajstić information content (AvgIpc) is 2.65. The van der Waals surface area contributed by atoms with E-state index in [0.717, 1.165) is 11.1 Å². The van der Waals surface area contributed by atoms with Crippen molar-refractivity contribution in [3.05, 3.63) is 77.4 Å². The number of benzene rings is 2. The van der Waals surface area contributed by atoms with Crippen molar-refractivity contribution in [3.8, 4) is 0 Å². The molecule has 0 saturated heterocycles. The standard InChI is InChI=1S/C23H25NO4/c1-23(2,3)28-22(27)14-13-17-9-11-18(12-10-17)15-21(26)24-16-20(25)19-7-5-4-6-8-19/h4-14H,15-16H2,1-3H3,(H,24,26)/b14-13+. The molecule has 0 unspecified atom stereocenters. The number of ketones is 1. The number of rotatable bonds is 7. The van der Waals surface area contributed by atoms with Crippen LogP contribution in [0.5, 0.6) is 0 Å². The summed E-state index contributed by atoms with van der Waals surface area (Å²) < 4.78 is 5.21. The second-order valence-corrected chi connectivity index (χ2v) is 7.35. The van der Waals surface area contributed by atoms with E-state index in [4.69, 9.17) is 4.74 Å². The Kier molecular flexibility index (Phi) is 7.27. The van der Waals surface area contributed by atoms with Gasteiger partial charge in [0.05, 0.1) is 13.0 Å². The normalized spacial score (nSPS) is 11.2. The predicted molar refractivity (Wildman–Crippen MR) is 109 cm³/mol. The molecule has 2 aromatic rings. The Balaban J connectivity index is 1.82. The number of nitrogens with one attached hydrogen (secondary N) is 1. The summed E-state index contributed by atoms with van der Waals surface area (Å²) in [5, 5.41) is 2.64. The lowest BCUT2D eigenvalue weighted by Gasteiger charge is -2.17. The van der Waals surface area contributed by atoms with E-state index in [9.17, 15) is 14.4 Å². The molecule has 1 N–H and O–H groups in total. The predicted octanol–water partition coefficient (Wildman–Crippen LogP) is 3.58.